The van der Waals surface area contributed by atoms with Crippen LogP contribution in [-0.2, 0) is 0 Å². The quantitative estimate of drug-likeness (QED) is 0.586. The maximum absolute atomic E-state index is 5.32. The van der Waals surface area contributed by atoms with Crippen LogP contribution in [0.25, 0.3) is 0 Å². The fourth-order valence-electron chi connectivity index (χ4n) is 0.669. The van der Waals surface area contributed by atoms with Crippen LogP contribution in [0.15, 0.2) is 0 Å². The smallest absolute Gasteiger partial charge is 0.00746 e. The van der Waals surface area contributed by atoms with E-state index in [2.05, 4.69) is 13.8 Å². The van der Waals surface area contributed by atoms with Crippen LogP contribution in [0.3, 0.4) is 0 Å². The Hall–Kier alpha value is -0.0400. The predicted molar refractivity (Wildman–Crippen MR) is 37.1 cm³/mol. The molecule has 0 spiro atoms. The van der Waals surface area contributed by atoms with Gasteiger partial charge in [0, 0.05) is 0 Å². The van der Waals surface area contributed by atoms with Gasteiger partial charge in [0.25, 0.3) is 0 Å². The van der Waals surface area contributed by atoms with E-state index in [0.717, 1.165) is 25.8 Å². The predicted octanol–water partition coefficient (Wildman–Crippen LogP) is 1.40. The Bertz CT molecular complexity index is 39.7. The van der Waals surface area contributed by atoms with Crippen LogP contribution in [0, 0.1) is 19.8 Å². The van der Waals surface area contributed by atoms with E-state index in [1.54, 1.807) is 0 Å². The zero-order valence-corrected chi connectivity index (χ0v) is 5.40. The highest BCUT2D eigenvalue weighted by Crippen LogP contribution is 2.09. The van der Waals surface area contributed by atoms with E-state index in [1.165, 1.54) is 0 Å². The summed E-state index contributed by atoms with van der Waals surface area (Å²) in [6, 6.07) is 0. The van der Waals surface area contributed by atoms with Crippen molar-refractivity contribution in [2.24, 2.45) is 11.7 Å². The van der Waals surface area contributed by atoms with Gasteiger partial charge in [-0.15, -0.1) is 0 Å². The molecule has 2 radical (unpaired) electrons. The Labute approximate surface area is 52.3 Å². The molecule has 0 rings (SSSR count). The van der Waals surface area contributed by atoms with Gasteiger partial charge in [0.15, 0.2) is 0 Å². The van der Waals surface area contributed by atoms with Gasteiger partial charge >= 0.3 is 0 Å². The third-order valence-electron chi connectivity index (χ3n) is 1.39. The molecule has 0 heterocycles. The average Bonchev–Trinajstić information content (AvgIpc) is 1.83. The van der Waals surface area contributed by atoms with Gasteiger partial charge in [-0.3, -0.25) is 0 Å². The molecule has 0 aliphatic rings. The van der Waals surface area contributed by atoms with Crippen LogP contribution in [0.1, 0.15) is 19.3 Å². The Morgan fingerprint density at radius 2 is 1.75 bits per heavy atom. The van der Waals surface area contributed by atoms with E-state index >= 15 is 0 Å². The van der Waals surface area contributed by atoms with Gasteiger partial charge in [-0.05, 0) is 18.9 Å². The van der Waals surface area contributed by atoms with Crippen molar-refractivity contribution in [1.29, 1.82) is 0 Å². The molecule has 0 saturated heterocycles. The minimum atomic E-state index is 0.653. The lowest BCUT2D eigenvalue weighted by molar-refractivity contribution is 0.502. The monoisotopic (exact) mass is 113 g/mol. The van der Waals surface area contributed by atoms with Gasteiger partial charge in [-0.25, -0.2) is 0 Å². The van der Waals surface area contributed by atoms with Crippen LogP contribution in [-0.4, -0.2) is 6.54 Å². The molecule has 1 nitrogen and oxygen atoms in total. The van der Waals surface area contributed by atoms with Crippen molar-refractivity contribution < 1.29 is 0 Å². The lowest BCUT2D eigenvalue weighted by Crippen LogP contribution is -2.06. The molecule has 0 aromatic heterocycles. The standard InChI is InChI=1S/C7H15N/c1-3-7(4-2)5-6-8/h7H,1-6,8H2. The summed E-state index contributed by atoms with van der Waals surface area (Å²) in [5.41, 5.74) is 5.32. The molecule has 1 heteroatoms. The van der Waals surface area contributed by atoms with Crippen LogP contribution in [0.4, 0.5) is 0 Å². The Morgan fingerprint density at radius 1 is 1.25 bits per heavy atom. The number of rotatable bonds is 4. The fourth-order valence-corrected chi connectivity index (χ4v) is 0.669. The maximum Gasteiger partial charge on any atom is -0.00746 e. The van der Waals surface area contributed by atoms with E-state index in [1.807, 2.05) is 0 Å². The summed E-state index contributed by atoms with van der Waals surface area (Å²) >= 11 is 0. The summed E-state index contributed by atoms with van der Waals surface area (Å²) in [4.78, 5) is 0. The Balaban J connectivity index is 3.07. The molecule has 0 bridgehead atoms. The molecule has 8 heavy (non-hydrogen) atoms. The summed E-state index contributed by atoms with van der Waals surface area (Å²) < 4.78 is 0. The van der Waals surface area contributed by atoms with Crippen LogP contribution in [0.5, 0.6) is 0 Å². The SMILES string of the molecule is [CH2]CC(C[CH2])CCN. The van der Waals surface area contributed by atoms with E-state index in [9.17, 15) is 0 Å². The van der Waals surface area contributed by atoms with Gasteiger partial charge in [-0.2, -0.15) is 0 Å². The van der Waals surface area contributed by atoms with Crippen LogP contribution in [0.2, 0.25) is 0 Å². The van der Waals surface area contributed by atoms with Crippen LogP contribution >= 0.6 is 0 Å². The molecule has 0 saturated carbocycles. The van der Waals surface area contributed by atoms with E-state index in [0.29, 0.717) is 5.92 Å². The van der Waals surface area contributed by atoms with Crippen molar-refractivity contribution in [2.45, 2.75) is 19.3 Å². The van der Waals surface area contributed by atoms with E-state index < -0.39 is 0 Å². The van der Waals surface area contributed by atoms with Gasteiger partial charge in [-0.1, -0.05) is 26.7 Å². The highest BCUT2D eigenvalue weighted by Gasteiger charge is 1.99. The molecule has 0 amide bonds. The number of hydrogen-bond donors (Lipinski definition) is 1. The van der Waals surface area contributed by atoms with E-state index in [-0.39, 0.29) is 0 Å². The molecular formula is C7H15N. The van der Waals surface area contributed by atoms with Crippen LogP contribution < -0.4 is 5.73 Å². The Kier molecular flexibility index (Phi) is 5.08. The summed E-state index contributed by atoms with van der Waals surface area (Å²) in [5.74, 6) is 0.653. The normalized spacial score (nSPS) is 10.5. The largest absolute Gasteiger partial charge is 0.330 e. The molecule has 0 aromatic carbocycles. The molecule has 0 aliphatic heterocycles. The van der Waals surface area contributed by atoms with Crippen molar-refractivity contribution in [3.05, 3.63) is 13.8 Å². The molecule has 0 fully saturated rings. The number of nitrogens with two attached hydrogens (primary N) is 1. The topological polar surface area (TPSA) is 26.0 Å². The summed E-state index contributed by atoms with van der Waals surface area (Å²) in [6.45, 7) is 8.33. The first kappa shape index (κ1) is 7.96. The summed E-state index contributed by atoms with van der Waals surface area (Å²) in [5, 5.41) is 0. The second-order valence-electron chi connectivity index (χ2n) is 2.02. The summed E-state index contributed by atoms with van der Waals surface area (Å²) in [6.07, 6.45) is 3.02. The van der Waals surface area contributed by atoms with Crippen molar-refractivity contribution in [2.75, 3.05) is 6.54 Å². The highest BCUT2D eigenvalue weighted by molar-refractivity contribution is 4.61. The molecular weight excluding hydrogens is 98.1 g/mol. The first-order valence-corrected chi connectivity index (χ1v) is 3.13. The van der Waals surface area contributed by atoms with Crippen molar-refractivity contribution in [3.63, 3.8) is 0 Å². The minimum Gasteiger partial charge on any atom is -0.330 e. The van der Waals surface area contributed by atoms with Crippen molar-refractivity contribution in [3.8, 4) is 0 Å². The van der Waals surface area contributed by atoms with Crippen molar-refractivity contribution in [1.82, 2.24) is 0 Å². The first-order valence-electron chi connectivity index (χ1n) is 3.13. The third-order valence-corrected chi connectivity index (χ3v) is 1.39. The second kappa shape index (κ2) is 5.10. The van der Waals surface area contributed by atoms with E-state index in [4.69, 9.17) is 5.73 Å². The molecule has 0 aliphatic carbocycles. The lowest BCUT2D eigenvalue weighted by Gasteiger charge is -2.08. The third kappa shape index (κ3) is 3.03. The lowest BCUT2D eigenvalue weighted by atomic mass is 10.00. The zero-order valence-electron chi connectivity index (χ0n) is 5.40. The highest BCUT2D eigenvalue weighted by atomic mass is 14.5. The number of hydrogen-bond acceptors (Lipinski definition) is 1. The maximum atomic E-state index is 5.32. The fraction of sp³-hybridized carbons (Fsp3) is 0.714. The molecule has 0 atom stereocenters. The van der Waals surface area contributed by atoms with Crippen molar-refractivity contribution >= 4 is 0 Å². The van der Waals surface area contributed by atoms with Gasteiger partial charge in [0.1, 0.15) is 0 Å². The minimum absolute atomic E-state index is 0.653. The zero-order chi connectivity index (χ0) is 6.41. The summed E-state index contributed by atoms with van der Waals surface area (Å²) in [7, 11) is 0. The van der Waals surface area contributed by atoms with Gasteiger partial charge < -0.3 is 5.73 Å². The second-order valence-corrected chi connectivity index (χ2v) is 2.02. The molecule has 48 valence electrons. The van der Waals surface area contributed by atoms with Gasteiger partial charge in [0.2, 0.25) is 0 Å². The Morgan fingerprint density at radius 3 is 1.88 bits per heavy atom. The molecule has 2 N–H and O–H groups in total. The first-order chi connectivity index (χ1) is 3.85. The average molecular weight is 113 g/mol. The molecule has 0 unspecified atom stereocenters. The molecule has 0 aromatic rings. The van der Waals surface area contributed by atoms with Gasteiger partial charge in [0.05, 0.1) is 0 Å².